The van der Waals surface area contributed by atoms with E-state index in [9.17, 15) is 0 Å². The Morgan fingerprint density at radius 3 is 2.87 bits per heavy atom. The van der Waals surface area contributed by atoms with Crippen LogP contribution in [0.4, 0.5) is 0 Å². The van der Waals surface area contributed by atoms with E-state index in [0.717, 1.165) is 43.1 Å². The van der Waals surface area contributed by atoms with E-state index in [2.05, 4.69) is 27.4 Å². The van der Waals surface area contributed by atoms with Gasteiger partial charge in [0.05, 0.1) is 0 Å². The zero-order valence-corrected chi connectivity index (χ0v) is 14.4. The van der Waals surface area contributed by atoms with Gasteiger partial charge in [0.25, 0.3) is 0 Å². The molecule has 0 amide bonds. The van der Waals surface area contributed by atoms with Crippen LogP contribution in [0.3, 0.4) is 0 Å². The lowest BCUT2D eigenvalue weighted by molar-refractivity contribution is 0.186. The van der Waals surface area contributed by atoms with Crippen molar-refractivity contribution >= 4 is 11.2 Å². The molecule has 5 heteroatoms. The van der Waals surface area contributed by atoms with Gasteiger partial charge in [0.2, 0.25) is 0 Å². The van der Waals surface area contributed by atoms with E-state index in [1.165, 1.54) is 38.3 Å². The van der Waals surface area contributed by atoms with Gasteiger partial charge in [-0.1, -0.05) is 6.92 Å². The normalized spacial score (nSPS) is 17.1. The van der Waals surface area contributed by atoms with Crippen LogP contribution in [0.2, 0.25) is 0 Å². The fourth-order valence-corrected chi connectivity index (χ4v) is 3.53. The fraction of sp³-hybridized carbons (Fsp3) is 0.667. The van der Waals surface area contributed by atoms with Crippen LogP contribution in [-0.2, 0) is 17.7 Å². The summed E-state index contributed by atoms with van der Waals surface area (Å²) in [7, 11) is 1.76. The van der Waals surface area contributed by atoms with Gasteiger partial charge in [-0.3, -0.25) is 0 Å². The van der Waals surface area contributed by atoms with Crippen molar-refractivity contribution in [2.45, 2.75) is 39.2 Å². The topological polar surface area (TPSA) is 43.2 Å². The second kappa shape index (κ2) is 7.88. The van der Waals surface area contributed by atoms with Gasteiger partial charge in [0.1, 0.15) is 11.3 Å². The highest BCUT2D eigenvalue weighted by Gasteiger charge is 2.21. The third-order valence-corrected chi connectivity index (χ3v) is 4.94. The molecular weight excluding hydrogens is 288 g/mol. The number of hydrogen-bond donors (Lipinski definition) is 0. The van der Waals surface area contributed by atoms with Gasteiger partial charge in [-0.25, -0.2) is 9.97 Å². The van der Waals surface area contributed by atoms with E-state index >= 15 is 0 Å². The maximum absolute atomic E-state index is 5.21. The molecule has 1 fully saturated rings. The molecule has 2 aromatic heterocycles. The average Bonchev–Trinajstić information content (AvgIpc) is 2.93. The van der Waals surface area contributed by atoms with E-state index in [0.29, 0.717) is 0 Å². The summed E-state index contributed by atoms with van der Waals surface area (Å²) >= 11 is 0. The van der Waals surface area contributed by atoms with Gasteiger partial charge in [0.15, 0.2) is 5.65 Å². The van der Waals surface area contributed by atoms with Crippen molar-refractivity contribution in [1.82, 2.24) is 19.4 Å². The second-order valence-corrected chi connectivity index (χ2v) is 6.45. The van der Waals surface area contributed by atoms with Crippen molar-refractivity contribution in [1.29, 1.82) is 0 Å². The molecule has 0 radical (unpaired) electrons. The van der Waals surface area contributed by atoms with Crippen LogP contribution in [-0.4, -0.2) is 52.8 Å². The molecule has 0 aromatic carbocycles. The summed E-state index contributed by atoms with van der Waals surface area (Å²) in [6.45, 7) is 7.59. The SMILES string of the molecule is CCN1CCC(Cc2nc3cccnc3n2CCCOC)CC1. The molecule has 3 rings (SSSR count). The molecular formula is C18H28N4O. The summed E-state index contributed by atoms with van der Waals surface area (Å²) in [6, 6.07) is 4.04. The smallest absolute Gasteiger partial charge is 0.159 e. The van der Waals surface area contributed by atoms with Crippen LogP contribution in [0.5, 0.6) is 0 Å². The molecule has 1 aliphatic heterocycles. The maximum Gasteiger partial charge on any atom is 0.159 e. The number of imidazole rings is 1. The van der Waals surface area contributed by atoms with Crippen molar-refractivity contribution in [2.24, 2.45) is 5.92 Å². The number of hydrogen-bond acceptors (Lipinski definition) is 4. The molecule has 0 spiro atoms. The zero-order chi connectivity index (χ0) is 16.1. The minimum atomic E-state index is 0.746. The van der Waals surface area contributed by atoms with Gasteiger partial charge >= 0.3 is 0 Å². The van der Waals surface area contributed by atoms with Crippen LogP contribution in [0.1, 0.15) is 32.0 Å². The minimum Gasteiger partial charge on any atom is -0.385 e. The van der Waals surface area contributed by atoms with Gasteiger partial charge in [-0.15, -0.1) is 0 Å². The Balaban J connectivity index is 1.75. The summed E-state index contributed by atoms with van der Waals surface area (Å²) in [5, 5.41) is 0. The molecule has 0 atom stereocenters. The minimum absolute atomic E-state index is 0.746. The van der Waals surface area contributed by atoms with Crippen LogP contribution in [0.25, 0.3) is 11.2 Å². The van der Waals surface area contributed by atoms with Gasteiger partial charge in [-0.2, -0.15) is 0 Å². The lowest BCUT2D eigenvalue weighted by atomic mass is 9.93. The van der Waals surface area contributed by atoms with Crippen molar-refractivity contribution < 1.29 is 4.74 Å². The number of likely N-dealkylation sites (tertiary alicyclic amines) is 1. The van der Waals surface area contributed by atoms with Crippen molar-refractivity contribution in [3.8, 4) is 0 Å². The third-order valence-electron chi connectivity index (χ3n) is 4.94. The van der Waals surface area contributed by atoms with Crippen LogP contribution < -0.4 is 0 Å². The Morgan fingerprint density at radius 2 is 2.13 bits per heavy atom. The predicted octanol–water partition coefficient (Wildman–Crippen LogP) is 2.74. The fourth-order valence-electron chi connectivity index (χ4n) is 3.53. The van der Waals surface area contributed by atoms with Crippen LogP contribution in [0.15, 0.2) is 18.3 Å². The summed E-state index contributed by atoms with van der Waals surface area (Å²) in [4.78, 5) is 12.0. The van der Waals surface area contributed by atoms with Gasteiger partial charge in [-0.05, 0) is 56.9 Å². The van der Waals surface area contributed by atoms with Crippen molar-refractivity contribution in [2.75, 3.05) is 33.4 Å². The second-order valence-electron chi connectivity index (χ2n) is 6.45. The molecule has 1 aliphatic rings. The number of piperidine rings is 1. The van der Waals surface area contributed by atoms with E-state index < -0.39 is 0 Å². The van der Waals surface area contributed by atoms with E-state index in [-0.39, 0.29) is 0 Å². The first-order valence-electron chi connectivity index (χ1n) is 8.83. The molecule has 0 saturated carbocycles. The average molecular weight is 316 g/mol. The Kier molecular flexibility index (Phi) is 5.62. The molecule has 5 nitrogen and oxygen atoms in total. The lowest BCUT2D eigenvalue weighted by Crippen LogP contribution is -2.34. The molecule has 3 heterocycles. The van der Waals surface area contributed by atoms with E-state index in [4.69, 9.17) is 9.72 Å². The largest absolute Gasteiger partial charge is 0.385 e. The monoisotopic (exact) mass is 316 g/mol. The Morgan fingerprint density at radius 1 is 1.30 bits per heavy atom. The summed E-state index contributed by atoms with van der Waals surface area (Å²) in [6.07, 6.45) is 6.49. The lowest BCUT2D eigenvalue weighted by Gasteiger charge is -2.30. The predicted molar refractivity (Wildman–Crippen MR) is 92.6 cm³/mol. The Bertz CT molecular complexity index is 617. The molecule has 0 bridgehead atoms. The number of aryl methyl sites for hydroxylation is 1. The molecule has 2 aromatic rings. The number of aromatic nitrogens is 3. The molecule has 0 aliphatic carbocycles. The summed E-state index contributed by atoms with van der Waals surface area (Å²) < 4.78 is 7.51. The van der Waals surface area contributed by atoms with Crippen molar-refractivity contribution in [3.05, 3.63) is 24.2 Å². The Labute approximate surface area is 138 Å². The first kappa shape index (κ1) is 16.4. The first-order chi connectivity index (χ1) is 11.3. The number of rotatable bonds is 7. The van der Waals surface area contributed by atoms with Gasteiger partial charge < -0.3 is 14.2 Å². The number of pyridine rings is 1. The third kappa shape index (κ3) is 3.90. The highest BCUT2D eigenvalue weighted by molar-refractivity contribution is 5.71. The molecule has 126 valence electrons. The van der Waals surface area contributed by atoms with Crippen LogP contribution in [0, 0.1) is 5.92 Å². The highest BCUT2D eigenvalue weighted by atomic mass is 16.5. The molecule has 0 unspecified atom stereocenters. The quantitative estimate of drug-likeness (QED) is 0.737. The number of ether oxygens (including phenoxy) is 1. The summed E-state index contributed by atoms with van der Waals surface area (Å²) in [5.41, 5.74) is 2.04. The number of fused-ring (bicyclic) bond motifs is 1. The van der Waals surface area contributed by atoms with Crippen molar-refractivity contribution in [3.63, 3.8) is 0 Å². The van der Waals surface area contributed by atoms with E-state index in [1.54, 1.807) is 7.11 Å². The van der Waals surface area contributed by atoms with Crippen LogP contribution >= 0.6 is 0 Å². The molecule has 23 heavy (non-hydrogen) atoms. The standard InChI is InChI=1S/C18H28N4O/c1-3-21-11-7-15(8-12-21)14-17-20-16-6-4-9-19-18(16)22(17)10-5-13-23-2/h4,6,9,15H,3,5,7-8,10-14H2,1-2H3. The summed E-state index contributed by atoms with van der Waals surface area (Å²) in [5.74, 6) is 1.94. The van der Waals surface area contributed by atoms with Gasteiger partial charge in [0, 0.05) is 32.9 Å². The molecule has 0 N–H and O–H groups in total. The molecule has 1 saturated heterocycles. The highest BCUT2D eigenvalue weighted by Crippen LogP contribution is 2.23. The Hall–Kier alpha value is -1.46. The maximum atomic E-state index is 5.21. The van der Waals surface area contributed by atoms with E-state index in [1.807, 2.05) is 12.3 Å². The first-order valence-corrected chi connectivity index (χ1v) is 8.83. The number of methoxy groups -OCH3 is 1. The zero-order valence-electron chi connectivity index (χ0n) is 14.4. The number of nitrogens with zero attached hydrogens (tertiary/aromatic N) is 4.